The van der Waals surface area contributed by atoms with Gasteiger partial charge in [-0.2, -0.15) is 0 Å². The third-order valence-corrected chi connectivity index (χ3v) is 3.92. The molecule has 1 rings (SSSR count). The zero-order chi connectivity index (χ0) is 18.9. The second-order valence-electron chi connectivity index (χ2n) is 6.36. The van der Waals surface area contributed by atoms with Gasteiger partial charge in [-0.3, -0.25) is 0 Å². The summed E-state index contributed by atoms with van der Waals surface area (Å²) in [6.07, 6.45) is 20.6. The second-order valence-corrected chi connectivity index (χ2v) is 6.36. The zero-order valence-electron chi connectivity index (χ0n) is 16.3. The molecule has 142 valence electrons. The highest BCUT2D eigenvalue weighted by Gasteiger charge is 1.99. The van der Waals surface area contributed by atoms with Gasteiger partial charge in [0.1, 0.15) is 0 Å². The first-order valence-electron chi connectivity index (χ1n) is 9.68. The first-order chi connectivity index (χ1) is 12.7. The van der Waals surface area contributed by atoms with Crippen LogP contribution in [-0.2, 0) is 11.2 Å². The maximum Gasteiger partial charge on any atom is 0.0745 e. The van der Waals surface area contributed by atoms with E-state index in [-0.39, 0.29) is 0 Å². The fourth-order valence-corrected chi connectivity index (χ4v) is 2.32. The van der Waals surface area contributed by atoms with Gasteiger partial charge in [-0.15, -0.1) is 0 Å². The predicted molar refractivity (Wildman–Crippen MR) is 112 cm³/mol. The molecule has 0 radical (unpaired) electrons. The molecule has 0 aliphatic carbocycles. The maximum atomic E-state index is 9.89. The monoisotopic (exact) mass is 354 g/mol. The number of hydrogen-bond donors (Lipinski definition) is 1. The molecule has 0 aromatic heterocycles. The van der Waals surface area contributed by atoms with E-state index in [0.29, 0.717) is 19.6 Å². The van der Waals surface area contributed by atoms with Crippen LogP contribution in [0, 0.1) is 6.92 Å². The van der Waals surface area contributed by atoms with Crippen molar-refractivity contribution in [2.24, 2.45) is 0 Å². The minimum Gasteiger partial charge on any atom is -0.389 e. The second kappa shape index (κ2) is 15.4. The molecule has 1 aromatic rings. The van der Waals surface area contributed by atoms with Crippen molar-refractivity contribution in [1.29, 1.82) is 0 Å². The molecule has 26 heavy (non-hydrogen) atoms. The molecule has 1 atom stereocenters. The van der Waals surface area contributed by atoms with Crippen LogP contribution in [0.1, 0.15) is 43.7 Å². The lowest BCUT2D eigenvalue weighted by Gasteiger charge is -2.07. The molecule has 0 aliphatic rings. The van der Waals surface area contributed by atoms with E-state index in [1.807, 2.05) is 24.3 Å². The number of benzene rings is 1. The lowest BCUT2D eigenvalue weighted by atomic mass is 10.1. The van der Waals surface area contributed by atoms with Crippen LogP contribution in [0.2, 0.25) is 0 Å². The molecule has 0 unspecified atom stereocenters. The van der Waals surface area contributed by atoms with Crippen molar-refractivity contribution < 1.29 is 9.84 Å². The van der Waals surface area contributed by atoms with Gasteiger partial charge in [0.15, 0.2) is 0 Å². The van der Waals surface area contributed by atoms with E-state index >= 15 is 0 Å². The van der Waals surface area contributed by atoms with Crippen LogP contribution in [0.25, 0.3) is 0 Å². The molecular formula is C24H34O2. The minimum absolute atomic E-state index is 0.456. The van der Waals surface area contributed by atoms with Crippen molar-refractivity contribution in [3.8, 4) is 0 Å². The molecule has 0 saturated carbocycles. The van der Waals surface area contributed by atoms with Crippen LogP contribution in [0.15, 0.2) is 72.9 Å². The van der Waals surface area contributed by atoms with Crippen molar-refractivity contribution in [3.05, 3.63) is 84.0 Å². The molecule has 0 bridgehead atoms. The van der Waals surface area contributed by atoms with Crippen LogP contribution >= 0.6 is 0 Å². The number of rotatable bonds is 13. The van der Waals surface area contributed by atoms with Gasteiger partial charge in [-0.25, -0.2) is 0 Å². The molecule has 1 N–H and O–H groups in total. The SMILES string of the molecule is CC/C=C\CC/C=C/C=C\C=C\[C@@H](O)CCOCCc1ccc(C)cc1. The molecule has 0 aliphatic heterocycles. The van der Waals surface area contributed by atoms with Gasteiger partial charge in [0, 0.05) is 13.0 Å². The highest BCUT2D eigenvalue weighted by molar-refractivity contribution is 5.21. The molecule has 0 amide bonds. The van der Waals surface area contributed by atoms with Crippen molar-refractivity contribution >= 4 is 0 Å². The Morgan fingerprint density at radius 3 is 2.42 bits per heavy atom. The first-order valence-corrected chi connectivity index (χ1v) is 9.68. The smallest absolute Gasteiger partial charge is 0.0745 e. The summed E-state index contributed by atoms with van der Waals surface area (Å²) < 4.78 is 5.61. The fraction of sp³-hybridized carbons (Fsp3) is 0.417. The Balaban J connectivity index is 2.04. The predicted octanol–water partition coefficient (Wildman–Crippen LogP) is 5.72. The number of aryl methyl sites for hydroxylation is 1. The third kappa shape index (κ3) is 12.5. The summed E-state index contributed by atoms with van der Waals surface area (Å²) in [6, 6.07) is 8.52. The van der Waals surface area contributed by atoms with Gasteiger partial charge in [0.25, 0.3) is 0 Å². The van der Waals surface area contributed by atoms with E-state index in [1.54, 1.807) is 6.08 Å². The van der Waals surface area contributed by atoms with Gasteiger partial charge >= 0.3 is 0 Å². The molecule has 0 fully saturated rings. The number of ether oxygens (including phenoxy) is 1. The van der Waals surface area contributed by atoms with Gasteiger partial charge in [-0.1, -0.05) is 85.4 Å². The Hall–Kier alpha value is -1.90. The van der Waals surface area contributed by atoms with Crippen LogP contribution in [0.4, 0.5) is 0 Å². The number of unbranched alkanes of at least 4 members (excludes halogenated alkanes) is 1. The van der Waals surface area contributed by atoms with Gasteiger partial charge in [-0.05, 0) is 38.2 Å². The van der Waals surface area contributed by atoms with Gasteiger partial charge in [0.05, 0.1) is 12.7 Å². The molecule has 1 aromatic carbocycles. The molecule has 2 nitrogen and oxygen atoms in total. The van der Waals surface area contributed by atoms with Crippen molar-refractivity contribution in [2.45, 2.75) is 52.1 Å². The Labute approximate surface area is 159 Å². The third-order valence-electron chi connectivity index (χ3n) is 3.92. The molecule has 2 heteroatoms. The molecule has 0 saturated heterocycles. The summed E-state index contributed by atoms with van der Waals surface area (Å²) in [5.41, 5.74) is 2.56. The lowest BCUT2D eigenvalue weighted by Crippen LogP contribution is -2.08. The van der Waals surface area contributed by atoms with Crippen molar-refractivity contribution in [2.75, 3.05) is 13.2 Å². The standard InChI is InChI=1S/C24H34O2/c1-3-4-5-6-7-8-9-10-11-12-13-24(25)19-21-26-20-18-23-16-14-22(2)15-17-23/h4-5,8-17,24-25H,3,6-7,18-21H2,1-2H3/b5-4-,9-8+,11-10-,13-12+/t24-/m1/s1. The van der Waals surface area contributed by atoms with Crippen molar-refractivity contribution in [1.82, 2.24) is 0 Å². The highest BCUT2D eigenvalue weighted by atomic mass is 16.5. The topological polar surface area (TPSA) is 29.5 Å². The minimum atomic E-state index is -0.456. The zero-order valence-corrected chi connectivity index (χ0v) is 16.3. The van der Waals surface area contributed by atoms with Gasteiger partial charge < -0.3 is 9.84 Å². The molecule has 0 heterocycles. The summed E-state index contributed by atoms with van der Waals surface area (Å²) in [5, 5.41) is 9.89. The quantitative estimate of drug-likeness (QED) is 0.279. The lowest BCUT2D eigenvalue weighted by molar-refractivity contribution is 0.100. The Morgan fingerprint density at radius 2 is 1.65 bits per heavy atom. The number of aliphatic hydroxyl groups is 1. The van der Waals surface area contributed by atoms with Gasteiger partial charge in [0.2, 0.25) is 0 Å². The Kier molecular flexibility index (Phi) is 13.1. The summed E-state index contributed by atoms with van der Waals surface area (Å²) >= 11 is 0. The fourth-order valence-electron chi connectivity index (χ4n) is 2.32. The summed E-state index contributed by atoms with van der Waals surface area (Å²) in [5.74, 6) is 0. The highest BCUT2D eigenvalue weighted by Crippen LogP contribution is 2.04. The Bertz CT molecular complexity index is 564. The number of hydrogen-bond acceptors (Lipinski definition) is 2. The average Bonchev–Trinajstić information content (AvgIpc) is 2.64. The van der Waals surface area contributed by atoms with Crippen LogP contribution in [0.3, 0.4) is 0 Å². The largest absolute Gasteiger partial charge is 0.389 e. The Morgan fingerprint density at radius 1 is 0.923 bits per heavy atom. The summed E-state index contributed by atoms with van der Waals surface area (Å²) in [4.78, 5) is 0. The first kappa shape index (κ1) is 22.1. The van der Waals surface area contributed by atoms with Crippen LogP contribution in [-0.4, -0.2) is 24.4 Å². The van der Waals surface area contributed by atoms with E-state index in [1.165, 1.54) is 11.1 Å². The van der Waals surface area contributed by atoms with Crippen LogP contribution < -0.4 is 0 Å². The van der Waals surface area contributed by atoms with E-state index in [0.717, 1.165) is 25.7 Å². The van der Waals surface area contributed by atoms with Crippen LogP contribution in [0.5, 0.6) is 0 Å². The summed E-state index contributed by atoms with van der Waals surface area (Å²) in [7, 11) is 0. The maximum absolute atomic E-state index is 9.89. The summed E-state index contributed by atoms with van der Waals surface area (Å²) in [6.45, 7) is 5.50. The molecular weight excluding hydrogens is 320 g/mol. The van der Waals surface area contributed by atoms with E-state index < -0.39 is 6.10 Å². The van der Waals surface area contributed by atoms with E-state index in [2.05, 4.69) is 56.3 Å². The van der Waals surface area contributed by atoms with Crippen molar-refractivity contribution in [3.63, 3.8) is 0 Å². The normalized spacial score (nSPS) is 13.7. The number of allylic oxidation sites excluding steroid dienone is 7. The number of aliphatic hydroxyl groups excluding tert-OH is 1. The van der Waals surface area contributed by atoms with E-state index in [4.69, 9.17) is 4.74 Å². The van der Waals surface area contributed by atoms with E-state index in [9.17, 15) is 5.11 Å². The molecule has 0 spiro atoms. The average molecular weight is 355 g/mol.